The molecule has 0 unspecified atom stereocenters. The fraction of sp³-hybridized carbons (Fsp3) is 0.316. The lowest BCUT2D eigenvalue weighted by atomic mass is 9.96. The third kappa shape index (κ3) is 2.71. The highest BCUT2D eigenvalue weighted by atomic mass is 32.1. The molecular weight excluding hydrogens is 330 g/mol. The van der Waals surface area contributed by atoms with Crippen LogP contribution < -0.4 is 5.32 Å². The second kappa shape index (κ2) is 5.89. The topological polar surface area (TPSA) is 55.1 Å². The van der Waals surface area contributed by atoms with Crippen molar-refractivity contribution in [2.75, 3.05) is 13.1 Å². The molecule has 1 aliphatic heterocycles. The van der Waals surface area contributed by atoms with E-state index in [0.717, 1.165) is 41.2 Å². The standard InChI is InChI=1S/C19H19N5S/c1-12-11-24-19(22-12)3-2-15(23-24)14-8-18-16(21-10-14)9-17(25-18)13-4-6-20-7-5-13/h2-3,8-11,13,20H,4-7H2,1H3. The molecule has 0 saturated carbocycles. The normalized spacial score (nSPS) is 16.0. The zero-order valence-electron chi connectivity index (χ0n) is 14.1. The second-order valence-electron chi connectivity index (χ2n) is 6.68. The third-order valence-corrected chi connectivity index (χ3v) is 6.10. The maximum absolute atomic E-state index is 4.69. The summed E-state index contributed by atoms with van der Waals surface area (Å²) in [7, 11) is 0. The molecule has 1 saturated heterocycles. The maximum Gasteiger partial charge on any atom is 0.153 e. The first-order chi connectivity index (χ1) is 12.3. The lowest BCUT2D eigenvalue weighted by Gasteiger charge is -2.21. The molecule has 4 aromatic rings. The zero-order valence-corrected chi connectivity index (χ0v) is 14.9. The number of pyridine rings is 1. The predicted molar refractivity (Wildman–Crippen MR) is 101 cm³/mol. The first kappa shape index (κ1) is 15.0. The Morgan fingerprint density at radius 2 is 2.08 bits per heavy atom. The molecule has 0 aromatic carbocycles. The van der Waals surface area contributed by atoms with Gasteiger partial charge >= 0.3 is 0 Å². The Balaban J connectivity index is 1.54. The van der Waals surface area contributed by atoms with Gasteiger partial charge in [0.05, 0.1) is 27.8 Å². The van der Waals surface area contributed by atoms with E-state index in [0.29, 0.717) is 5.92 Å². The molecular formula is C19H19N5S. The van der Waals surface area contributed by atoms with E-state index < -0.39 is 0 Å². The summed E-state index contributed by atoms with van der Waals surface area (Å²) in [6.07, 6.45) is 6.32. The Bertz CT molecular complexity index is 1060. The molecule has 0 radical (unpaired) electrons. The van der Waals surface area contributed by atoms with Crippen molar-refractivity contribution >= 4 is 27.2 Å². The lowest BCUT2D eigenvalue weighted by molar-refractivity contribution is 0.465. The van der Waals surface area contributed by atoms with Crippen molar-refractivity contribution in [2.24, 2.45) is 0 Å². The first-order valence-corrected chi connectivity index (χ1v) is 9.51. The Morgan fingerprint density at radius 1 is 1.20 bits per heavy atom. The van der Waals surface area contributed by atoms with E-state index in [1.165, 1.54) is 22.4 Å². The third-order valence-electron chi connectivity index (χ3n) is 4.87. The number of nitrogens with zero attached hydrogens (tertiary/aromatic N) is 4. The van der Waals surface area contributed by atoms with Crippen LogP contribution in [0.3, 0.4) is 0 Å². The van der Waals surface area contributed by atoms with Crippen molar-refractivity contribution in [1.29, 1.82) is 0 Å². The number of imidazole rings is 1. The minimum Gasteiger partial charge on any atom is -0.317 e. The number of hydrogen-bond acceptors (Lipinski definition) is 5. The highest BCUT2D eigenvalue weighted by Crippen LogP contribution is 2.35. The van der Waals surface area contributed by atoms with Gasteiger partial charge in [-0.2, -0.15) is 5.10 Å². The zero-order chi connectivity index (χ0) is 16.8. The molecule has 1 fully saturated rings. The van der Waals surface area contributed by atoms with Crippen molar-refractivity contribution < 1.29 is 0 Å². The van der Waals surface area contributed by atoms with E-state index in [1.807, 2.05) is 47.3 Å². The number of fused-ring (bicyclic) bond motifs is 2. The molecule has 5 nitrogen and oxygen atoms in total. The summed E-state index contributed by atoms with van der Waals surface area (Å²) in [6, 6.07) is 8.52. The van der Waals surface area contributed by atoms with Gasteiger partial charge in [-0.25, -0.2) is 9.50 Å². The SMILES string of the molecule is Cc1cn2nc(-c3cnc4cc(C5CCNCC5)sc4c3)ccc2n1. The molecule has 5 heterocycles. The number of aromatic nitrogens is 4. The van der Waals surface area contributed by atoms with Crippen LogP contribution in [0.4, 0.5) is 0 Å². The molecule has 6 heteroatoms. The molecule has 5 rings (SSSR count). The van der Waals surface area contributed by atoms with Gasteiger partial charge < -0.3 is 5.32 Å². The van der Waals surface area contributed by atoms with Gasteiger partial charge in [-0.05, 0) is 63.0 Å². The lowest BCUT2D eigenvalue weighted by Crippen LogP contribution is -2.26. The van der Waals surface area contributed by atoms with E-state index in [2.05, 4.69) is 32.5 Å². The van der Waals surface area contributed by atoms with Crippen molar-refractivity contribution in [3.63, 3.8) is 0 Å². The molecule has 4 aromatic heterocycles. The maximum atomic E-state index is 4.69. The average molecular weight is 349 g/mol. The Morgan fingerprint density at radius 3 is 2.96 bits per heavy atom. The fourth-order valence-electron chi connectivity index (χ4n) is 3.54. The molecule has 0 amide bonds. The smallest absolute Gasteiger partial charge is 0.153 e. The Hall–Kier alpha value is -2.31. The van der Waals surface area contributed by atoms with Crippen LogP contribution in [0.2, 0.25) is 0 Å². The fourth-order valence-corrected chi connectivity index (χ4v) is 4.77. The van der Waals surface area contributed by atoms with E-state index in [-0.39, 0.29) is 0 Å². The summed E-state index contributed by atoms with van der Waals surface area (Å²) in [4.78, 5) is 10.6. The van der Waals surface area contributed by atoms with Crippen molar-refractivity contribution in [2.45, 2.75) is 25.7 Å². The van der Waals surface area contributed by atoms with Crippen LogP contribution >= 0.6 is 11.3 Å². The first-order valence-electron chi connectivity index (χ1n) is 8.70. The van der Waals surface area contributed by atoms with Gasteiger partial charge in [0.25, 0.3) is 0 Å². The van der Waals surface area contributed by atoms with Gasteiger partial charge in [0.1, 0.15) is 0 Å². The molecule has 1 aliphatic rings. The van der Waals surface area contributed by atoms with Crippen molar-refractivity contribution in [3.8, 4) is 11.3 Å². The molecule has 0 spiro atoms. The van der Waals surface area contributed by atoms with Crippen LogP contribution in [0, 0.1) is 6.92 Å². The van der Waals surface area contributed by atoms with E-state index in [1.54, 1.807) is 0 Å². The molecule has 126 valence electrons. The highest BCUT2D eigenvalue weighted by Gasteiger charge is 2.18. The van der Waals surface area contributed by atoms with E-state index >= 15 is 0 Å². The molecule has 0 aliphatic carbocycles. The summed E-state index contributed by atoms with van der Waals surface area (Å²) in [5, 5.41) is 8.12. The van der Waals surface area contributed by atoms with Crippen LogP contribution in [0.1, 0.15) is 29.3 Å². The van der Waals surface area contributed by atoms with Gasteiger partial charge in [0.15, 0.2) is 5.65 Å². The quantitative estimate of drug-likeness (QED) is 0.598. The number of nitrogens with one attached hydrogen (secondary N) is 1. The summed E-state index contributed by atoms with van der Waals surface area (Å²) < 4.78 is 3.08. The number of hydrogen-bond donors (Lipinski definition) is 1. The molecule has 0 atom stereocenters. The highest BCUT2D eigenvalue weighted by molar-refractivity contribution is 7.19. The van der Waals surface area contributed by atoms with Gasteiger partial charge in [-0.3, -0.25) is 4.98 Å². The van der Waals surface area contributed by atoms with Crippen LogP contribution in [-0.2, 0) is 0 Å². The number of aryl methyl sites for hydroxylation is 1. The van der Waals surface area contributed by atoms with Gasteiger partial charge in [-0.1, -0.05) is 0 Å². The average Bonchev–Trinajstić information content (AvgIpc) is 3.23. The number of piperidine rings is 1. The summed E-state index contributed by atoms with van der Waals surface area (Å²) in [5.74, 6) is 0.673. The number of thiophene rings is 1. The van der Waals surface area contributed by atoms with E-state index in [9.17, 15) is 0 Å². The van der Waals surface area contributed by atoms with Crippen molar-refractivity contribution in [1.82, 2.24) is 24.9 Å². The molecule has 0 bridgehead atoms. The molecule has 1 N–H and O–H groups in total. The van der Waals surface area contributed by atoms with Gasteiger partial charge in [-0.15, -0.1) is 11.3 Å². The Labute approximate surface area is 149 Å². The van der Waals surface area contributed by atoms with Crippen LogP contribution in [0.5, 0.6) is 0 Å². The summed E-state index contributed by atoms with van der Waals surface area (Å²) in [5.41, 5.74) is 4.93. The summed E-state index contributed by atoms with van der Waals surface area (Å²) in [6.45, 7) is 4.22. The predicted octanol–water partition coefficient (Wildman–Crippen LogP) is 3.78. The van der Waals surface area contributed by atoms with Crippen molar-refractivity contribution in [3.05, 3.63) is 47.2 Å². The van der Waals surface area contributed by atoms with E-state index in [4.69, 9.17) is 0 Å². The monoisotopic (exact) mass is 349 g/mol. The summed E-state index contributed by atoms with van der Waals surface area (Å²) >= 11 is 1.88. The minimum atomic E-state index is 0.673. The number of rotatable bonds is 2. The minimum absolute atomic E-state index is 0.673. The van der Waals surface area contributed by atoms with Gasteiger partial charge in [0, 0.05) is 16.6 Å². The van der Waals surface area contributed by atoms with Gasteiger partial charge in [0.2, 0.25) is 0 Å². The van der Waals surface area contributed by atoms with Crippen LogP contribution in [0.25, 0.3) is 27.1 Å². The molecule has 25 heavy (non-hydrogen) atoms. The Kier molecular flexibility index (Phi) is 3.53. The largest absolute Gasteiger partial charge is 0.317 e. The second-order valence-corrected chi connectivity index (χ2v) is 7.80. The van der Waals surface area contributed by atoms with Crippen LogP contribution in [0.15, 0.2) is 36.7 Å². The van der Waals surface area contributed by atoms with Crippen LogP contribution in [-0.4, -0.2) is 32.7 Å².